The number of hydrogen-bond donors (Lipinski definition) is 0. The molecule has 2 heterocycles. The minimum absolute atomic E-state index is 0. The molecule has 0 unspecified atom stereocenters. The third kappa shape index (κ3) is 27.2. The van der Waals surface area contributed by atoms with E-state index < -0.39 is 7.59 Å². The Balaban J connectivity index is -0.000000424. The number of rotatable bonds is 8. The molecule has 2 aromatic heterocycles. The first-order chi connectivity index (χ1) is 13.6. The summed E-state index contributed by atoms with van der Waals surface area (Å²) in [6.07, 6.45) is 11.1. The predicted molar refractivity (Wildman–Crippen MR) is 127 cm³/mol. The summed E-state index contributed by atoms with van der Waals surface area (Å²) in [5, 5.41) is 7.91. The van der Waals surface area contributed by atoms with Crippen LogP contribution in [0.1, 0.15) is 38.5 Å². The fraction of sp³-hybridized carbons (Fsp3) is 0.714. The van der Waals surface area contributed by atoms with Crippen molar-refractivity contribution in [2.24, 2.45) is 0 Å². The minimum atomic E-state index is -1.12. The van der Waals surface area contributed by atoms with Crippen molar-refractivity contribution >= 4 is 89.8 Å². The second kappa shape index (κ2) is 21.6. The van der Waals surface area contributed by atoms with Crippen LogP contribution in [0.25, 0.3) is 0 Å². The van der Waals surface area contributed by atoms with E-state index in [1.54, 1.807) is 22.0 Å². The molecular weight excluding hydrogens is 623 g/mol. The van der Waals surface area contributed by atoms with Gasteiger partial charge in [-0.3, -0.25) is 9.36 Å². The van der Waals surface area contributed by atoms with Crippen LogP contribution in [0.15, 0.2) is 25.3 Å². The fourth-order valence-corrected chi connectivity index (χ4v) is 2.70. The Labute approximate surface area is 226 Å². The Hall–Kier alpha value is 1.04. The average Bonchev–Trinajstić information content (AvgIpc) is 3.29. The molecule has 185 valence electrons. The van der Waals surface area contributed by atoms with Crippen molar-refractivity contribution in [3.63, 3.8) is 0 Å². The summed E-state index contributed by atoms with van der Waals surface area (Å²) in [6, 6.07) is 0. The molecule has 0 atom stereocenters. The van der Waals surface area contributed by atoms with E-state index >= 15 is 0 Å². The Morgan fingerprint density at radius 1 is 0.645 bits per heavy atom. The summed E-state index contributed by atoms with van der Waals surface area (Å²) >= 11 is 33.5. The molecule has 0 fully saturated rings. The topological polar surface area (TPSA) is 124 Å². The van der Waals surface area contributed by atoms with Crippen LogP contribution < -0.4 is 0 Å². The first-order valence-electron chi connectivity index (χ1n) is 8.22. The second-order valence-corrected chi connectivity index (χ2v) is 12.5. The summed E-state index contributed by atoms with van der Waals surface area (Å²) in [6.45, 7) is 1.64. The molecule has 0 aliphatic heterocycles. The van der Waals surface area contributed by atoms with Gasteiger partial charge in [0.25, 0.3) is 0 Å². The van der Waals surface area contributed by atoms with Gasteiger partial charge in [-0.05, 0) is 38.5 Å². The molecular formula is C14H24Cl8MnN6O2. The summed E-state index contributed by atoms with van der Waals surface area (Å²) in [5.41, 5.74) is 0. The zero-order chi connectivity index (χ0) is 22.2. The molecule has 0 aromatic carbocycles. The Morgan fingerprint density at radius 3 is 1.19 bits per heavy atom. The average molecular weight is 647 g/mol. The van der Waals surface area contributed by atoms with Gasteiger partial charge in [-0.15, -0.1) is 0 Å². The van der Waals surface area contributed by atoms with Gasteiger partial charge in [-0.1, -0.05) is 69.6 Å². The zero-order valence-electron chi connectivity index (χ0n) is 16.1. The van der Waals surface area contributed by atoms with Crippen molar-refractivity contribution in [1.29, 1.82) is 0 Å². The van der Waals surface area contributed by atoms with E-state index in [-0.39, 0.29) is 24.1 Å². The molecule has 4 N–H and O–H groups in total. The van der Waals surface area contributed by atoms with Gasteiger partial charge in [0, 0.05) is 13.1 Å². The Bertz CT molecular complexity index is 547. The van der Waals surface area contributed by atoms with Crippen molar-refractivity contribution in [1.82, 2.24) is 29.5 Å². The quantitative estimate of drug-likeness (QED) is 0.217. The zero-order valence-corrected chi connectivity index (χ0v) is 23.3. The predicted octanol–water partition coefficient (Wildman–Crippen LogP) is 5.36. The number of alkyl halides is 6. The van der Waals surface area contributed by atoms with E-state index in [9.17, 15) is 0 Å². The van der Waals surface area contributed by atoms with Gasteiger partial charge in [-0.2, -0.15) is 10.2 Å². The standard InChI is InChI=1S/2C7H10Cl3N3.2ClH.Mn.2H2O/c2*8-7(9,10)3-1-2-4-13-6-11-5-12-13;;;;;/h2*5-6H,1-4H2;2*1H;;2*1H2/q;;;;+2;;/p-2. The monoisotopic (exact) mass is 643 g/mol. The molecule has 0 amide bonds. The number of unbranched alkanes of at least 4 members (excludes halogenated alkanes) is 2. The summed E-state index contributed by atoms with van der Waals surface area (Å²) in [4.78, 5) is 7.65. The molecule has 2 aromatic rings. The number of hydrogen-bond acceptors (Lipinski definition) is 4. The molecule has 0 saturated heterocycles. The van der Waals surface area contributed by atoms with Gasteiger partial charge in [-0.25, -0.2) is 9.97 Å². The van der Waals surface area contributed by atoms with Gasteiger partial charge in [0.2, 0.25) is 0 Å². The van der Waals surface area contributed by atoms with E-state index in [2.05, 4.69) is 20.2 Å². The normalized spacial score (nSPS) is 10.6. The number of aryl methyl sites for hydroxylation is 2. The molecule has 0 aliphatic rings. The van der Waals surface area contributed by atoms with Crippen LogP contribution in [0.2, 0.25) is 0 Å². The van der Waals surface area contributed by atoms with Gasteiger partial charge in [0.15, 0.2) is 7.59 Å². The molecule has 17 heteroatoms. The van der Waals surface area contributed by atoms with Crippen LogP contribution in [-0.2, 0) is 26.2 Å². The first kappa shape index (κ1) is 36.6. The van der Waals surface area contributed by atoms with E-state index in [0.29, 0.717) is 12.8 Å². The van der Waals surface area contributed by atoms with Crippen molar-refractivity contribution in [2.75, 3.05) is 0 Å². The van der Waals surface area contributed by atoms with Crippen molar-refractivity contribution in [3.05, 3.63) is 25.3 Å². The van der Waals surface area contributed by atoms with E-state index in [1.165, 1.54) is 12.7 Å². The number of nitrogens with zero attached hydrogens (tertiary/aromatic N) is 6. The van der Waals surface area contributed by atoms with Crippen molar-refractivity contribution in [3.8, 4) is 0 Å². The van der Waals surface area contributed by atoms with Gasteiger partial charge in [0.05, 0.1) is 0 Å². The maximum absolute atomic E-state index is 5.59. The molecule has 0 saturated carbocycles. The third-order valence-electron chi connectivity index (χ3n) is 3.13. The van der Waals surface area contributed by atoms with Gasteiger partial charge < -0.3 is 11.0 Å². The first-order valence-corrected chi connectivity index (χ1v) is 13.7. The Kier molecular flexibility index (Phi) is 25.5. The van der Waals surface area contributed by atoms with E-state index in [0.717, 1.165) is 38.8 Å². The van der Waals surface area contributed by atoms with Crippen LogP contribution >= 0.6 is 89.8 Å². The summed E-state index contributed by atoms with van der Waals surface area (Å²) < 4.78 is 1.28. The SMILES string of the molecule is ClC(Cl)(Cl)CCCCn1cncn1.ClC(Cl)(Cl)CCCCn1cncn1.O.O.[Cl][Mn][Cl]. The molecule has 31 heavy (non-hydrogen) atoms. The number of halogens is 8. The fourth-order valence-electron chi connectivity index (χ4n) is 1.89. The van der Waals surface area contributed by atoms with Crippen LogP contribution in [-0.4, -0.2) is 48.1 Å². The summed E-state index contributed by atoms with van der Waals surface area (Å²) in [5.74, 6) is 0. The molecule has 2 rings (SSSR count). The number of aromatic nitrogens is 6. The van der Waals surface area contributed by atoms with Crippen molar-refractivity contribution < 1.29 is 24.1 Å². The Morgan fingerprint density at radius 2 is 0.968 bits per heavy atom. The molecule has 0 spiro atoms. The van der Waals surface area contributed by atoms with E-state index in [1.807, 2.05) is 0 Å². The van der Waals surface area contributed by atoms with Crippen LogP contribution in [0.3, 0.4) is 0 Å². The summed E-state index contributed by atoms with van der Waals surface area (Å²) in [7, 11) is 9.59. The van der Waals surface area contributed by atoms with E-state index in [4.69, 9.17) is 89.8 Å². The molecule has 0 radical (unpaired) electrons. The molecule has 8 nitrogen and oxygen atoms in total. The second-order valence-electron chi connectivity index (χ2n) is 5.52. The molecule has 0 bridgehead atoms. The van der Waals surface area contributed by atoms with Crippen LogP contribution in [0, 0.1) is 0 Å². The van der Waals surface area contributed by atoms with Crippen LogP contribution in [0.4, 0.5) is 0 Å². The van der Waals surface area contributed by atoms with Crippen molar-refractivity contribution in [2.45, 2.75) is 59.2 Å². The molecule has 0 aliphatic carbocycles. The third-order valence-corrected chi connectivity index (χ3v) is 4.26. The maximum atomic E-state index is 5.59. The van der Waals surface area contributed by atoms with Gasteiger partial charge in [0.1, 0.15) is 25.3 Å². The van der Waals surface area contributed by atoms with Gasteiger partial charge >= 0.3 is 33.3 Å². The van der Waals surface area contributed by atoms with Crippen LogP contribution in [0.5, 0.6) is 0 Å².